The van der Waals surface area contributed by atoms with Crippen LogP contribution < -0.4 is 10.1 Å². The van der Waals surface area contributed by atoms with Crippen molar-refractivity contribution in [2.75, 3.05) is 0 Å². The van der Waals surface area contributed by atoms with Crippen LogP contribution >= 0.6 is 11.8 Å². The first-order valence-corrected chi connectivity index (χ1v) is 10.9. The molecule has 0 atom stereocenters. The fourth-order valence-corrected chi connectivity index (χ4v) is 3.96. The lowest BCUT2D eigenvalue weighted by Crippen LogP contribution is -2.19. The van der Waals surface area contributed by atoms with E-state index in [-0.39, 0.29) is 5.91 Å². The van der Waals surface area contributed by atoms with Gasteiger partial charge < -0.3 is 10.1 Å². The number of carbonyl (C=O) groups excluding carboxylic acids is 1. The van der Waals surface area contributed by atoms with Crippen LogP contribution in [0.3, 0.4) is 0 Å². The van der Waals surface area contributed by atoms with Gasteiger partial charge in [0.15, 0.2) is 5.17 Å². The number of ether oxygens (including phenoxy) is 1. The number of nitrogens with zero attached hydrogens (tertiary/aromatic N) is 1. The molecule has 0 aliphatic carbocycles. The van der Waals surface area contributed by atoms with Gasteiger partial charge in [-0.3, -0.25) is 4.79 Å². The molecule has 0 radical (unpaired) electrons. The van der Waals surface area contributed by atoms with Gasteiger partial charge in [-0.05, 0) is 79.1 Å². The zero-order valence-corrected chi connectivity index (χ0v) is 18.6. The quantitative estimate of drug-likeness (QED) is 0.501. The number of amides is 1. The van der Waals surface area contributed by atoms with E-state index in [1.54, 1.807) is 0 Å². The van der Waals surface area contributed by atoms with Crippen LogP contribution in [0.4, 0.5) is 5.69 Å². The first-order valence-electron chi connectivity index (χ1n) is 10.1. The van der Waals surface area contributed by atoms with Crippen LogP contribution in [0.2, 0.25) is 0 Å². The molecule has 0 spiro atoms. The van der Waals surface area contributed by atoms with Crippen molar-refractivity contribution in [3.05, 3.63) is 99.5 Å². The predicted octanol–water partition coefficient (Wildman–Crippen LogP) is 6.08. The second kappa shape index (κ2) is 9.23. The van der Waals surface area contributed by atoms with Crippen LogP contribution in [-0.2, 0) is 11.4 Å². The Morgan fingerprint density at radius 1 is 0.968 bits per heavy atom. The first-order chi connectivity index (χ1) is 15.0. The molecule has 0 unspecified atom stereocenters. The molecular weight excluding hydrogens is 404 g/mol. The van der Waals surface area contributed by atoms with Crippen molar-refractivity contribution in [3.8, 4) is 5.75 Å². The number of benzene rings is 3. The van der Waals surface area contributed by atoms with Crippen LogP contribution in [0.1, 0.15) is 27.8 Å². The monoisotopic (exact) mass is 428 g/mol. The number of aryl methyl sites for hydroxylation is 3. The van der Waals surface area contributed by atoms with Gasteiger partial charge in [-0.15, -0.1) is 0 Å². The maximum atomic E-state index is 12.4. The van der Waals surface area contributed by atoms with E-state index in [0.717, 1.165) is 33.7 Å². The second-order valence-electron chi connectivity index (χ2n) is 7.62. The third-order valence-electron chi connectivity index (χ3n) is 4.92. The maximum Gasteiger partial charge on any atom is 0.264 e. The standard InChI is InChI=1S/C26H24N2O2S/c1-17-8-11-20(12-9-17)16-30-22-6-4-5-21(14-22)15-24-25(29)28-26(31-24)27-23-13-18(2)7-10-19(23)3/h4-15H,16H2,1-3H3,(H,27,28,29)/b24-15-. The summed E-state index contributed by atoms with van der Waals surface area (Å²) in [4.78, 5) is 17.7. The van der Waals surface area contributed by atoms with E-state index in [4.69, 9.17) is 4.74 Å². The fourth-order valence-electron chi connectivity index (χ4n) is 3.13. The van der Waals surface area contributed by atoms with Crippen LogP contribution in [0.15, 0.2) is 76.6 Å². The highest BCUT2D eigenvalue weighted by molar-refractivity contribution is 8.18. The molecule has 1 aliphatic rings. The second-order valence-corrected chi connectivity index (χ2v) is 8.65. The van der Waals surface area contributed by atoms with Gasteiger partial charge in [0.2, 0.25) is 0 Å². The van der Waals surface area contributed by atoms with Crippen molar-refractivity contribution < 1.29 is 9.53 Å². The summed E-state index contributed by atoms with van der Waals surface area (Å²) in [5.74, 6) is 0.627. The molecule has 1 saturated heterocycles. The van der Waals surface area contributed by atoms with Gasteiger partial charge in [0, 0.05) is 0 Å². The molecule has 156 valence electrons. The highest BCUT2D eigenvalue weighted by Gasteiger charge is 2.24. The number of nitrogens with one attached hydrogen (secondary N) is 1. The number of carbonyl (C=O) groups is 1. The molecule has 5 heteroatoms. The molecule has 1 amide bonds. The zero-order chi connectivity index (χ0) is 21.8. The topological polar surface area (TPSA) is 50.7 Å². The molecule has 1 N–H and O–H groups in total. The molecule has 1 heterocycles. The van der Waals surface area contributed by atoms with Gasteiger partial charge in [-0.25, -0.2) is 4.99 Å². The maximum absolute atomic E-state index is 12.4. The number of amidine groups is 1. The lowest BCUT2D eigenvalue weighted by atomic mass is 10.1. The largest absolute Gasteiger partial charge is 0.489 e. The van der Waals surface area contributed by atoms with Crippen LogP contribution in [-0.4, -0.2) is 11.1 Å². The Morgan fingerprint density at radius 3 is 2.55 bits per heavy atom. The van der Waals surface area contributed by atoms with Gasteiger partial charge in [-0.2, -0.15) is 0 Å². The molecule has 0 bridgehead atoms. The molecule has 4 nitrogen and oxygen atoms in total. The van der Waals surface area contributed by atoms with Crippen LogP contribution in [0.5, 0.6) is 5.75 Å². The molecule has 1 aliphatic heterocycles. The van der Waals surface area contributed by atoms with E-state index in [2.05, 4.69) is 47.6 Å². The summed E-state index contributed by atoms with van der Waals surface area (Å²) in [6.45, 7) is 6.61. The number of aliphatic imine (C=N–C) groups is 1. The summed E-state index contributed by atoms with van der Waals surface area (Å²) in [6.07, 6.45) is 1.87. The average molecular weight is 429 g/mol. The van der Waals surface area contributed by atoms with E-state index >= 15 is 0 Å². The van der Waals surface area contributed by atoms with E-state index < -0.39 is 0 Å². The number of rotatable bonds is 5. The minimum Gasteiger partial charge on any atom is -0.489 e. The Hall–Kier alpha value is -3.31. The predicted molar refractivity (Wildman–Crippen MR) is 129 cm³/mol. The van der Waals surface area contributed by atoms with Crippen molar-refractivity contribution in [3.63, 3.8) is 0 Å². The Labute approximate surface area is 187 Å². The third-order valence-corrected chi connectivity index (χ3v) is 5.83. The molecule has 4 rings (SSSR count). The van der Waals surface area contributed by atoms with Crippen molar-refractivity contribution in [2.45, 2.75) is 27.4 Å². The van der Waals surface area contributed by atoms with Gasteiger partial charge in [-0.1, -0.05) is 54.1 Å². The lowest BCUT2D eigenvalue weighted by Gasteiger charge is -2.07. The van der Waals surface area contributed by atoms with Gasteiger partial charge >= 0.3 is 0 Å². The molecule has 0 aromatic heterocycles. The smallest absolute Gasteiger partial charge is 0.264 e. The molecule has 31 heavy (non-hydrogen) atoms. The number of thioether (sulfide) groups is 1. The van der Waals surface area contributed by atoms with Crippen LogP contribution in [0, 0.1) is 20.8 Å². The SMILES string of the molecule is Cc1ccc(COc2cccc(/C=C3\SC(=Nc4cc(C)ccc4C)NC3=O)c2)cc1. The molecule has 1 fully saturated rings. The van der Waals surface area contributed by atoms with E-state index in [9.17, 15) is 4.79 Å². The van der Waals surface area contributed by atoms with Gasteiger partial charge in [0.05, 0.1) is 10.6 Å². The summed E-state index contributed by atoms with van der Waals surface area (Å²) in [5, 5.41) is 3.45. The Morgan fingerprint density at radius 2 is 1.74 bits per heavy atom. The molecule has 3 aromatic carbocycles. The minimum atomic E-state index is -0.139. The fraction of sp³-hybridized carbons (Fsp3) is 0.154. The lowest BCUT2D eigenvalue weighted by molar-refractivity contribution is -0.115. The first kappa shape index (κ1) is 20.9. The van der Waals surface area contributed by atoms with Gasteiger partial charge in [0.1, 0.15) is 12.4 Å². The van der Waals surface area contributed by atoms with Crippen molar-refractivity contribution in [1.82, 2.24) is 5.32 Å². The normalized spacial score (nSPS) is 16.0. The Kier molecular flexibility index (Phi) is 6.23. The summed E-state index contributed by atoms with van der Waals surface area (Å²) in [6, 6.07) is 22.1. The van der Waals surface area contributed by atoms with E-state index in [1.165, 1.54) is 17.3 Å². The zero-order valence-electron chi connectivity index (χ0n) is 17.8. The van der Waals surface area contributed by atoms with Crippen molar-refractivity contribution in [1.29, 1.82) is 0 Å². The summed E-state index contributed by atoms with van der Waals surface area (Å²) >= 11 is 1.35. The molecule has 3 aromatic rings. The summed E-state index contributed by atoms with van der Waals surface area (Å²) in [7, 11) is 0. The third kappa shape index (κ3) is 5.44. The Bertz CT molecular complexity index is 1180. The number of hydrogen-bond acceptors (Lipinski definition) is 4. The minimum absolute atomic E-state index is 0.139. The highest BCUT2D eigenvalue weighted by Crippen LogP contribution is 2.30. The molecular formula is C26H24N2O2S. The Balaban J connectivity index is 1.47. The van der Waals surface area contributed by atoms with Gasteiger partial charge in [0.25, 0.3) is 5.91 Å². The van der Waals surface area contributed by atoms with Crippen molar-refractivity contribution in [2.24, 2.45) is 4.99 Å². The number of hydrogen-bond donors (Lipinski definition) is 1. The average Bonchev–Trinajstić information content (AvgIpc) is 3.09. The summed E-state index contributed by atoms with van der Waals surface area (Å²) < 4.78 is 5.93. The van der Waals surface area contributed by atoms with Crippen LogP contribution in [0.25, 0.3) is 6.08 Å². The summed E-state index contributed by atoms with van der Waals surface area (Å²) in [5.41, 5.74) is 6.33. The van der Waals surface area contributed by atoms with Crippen molar-refractivity contribution >= 4 is 34.6 Å². The van der Waals surface area contributed by atoms with E-state index in [0.29, 0.717) is 16.7 Å². The highest BCUT2D eigenvalue weighted by atomic mass is 32.2. The van der Waals surface area contributed by atoms with E-state index in [1.807, 2.05) is 56.3 Å². The molecule has 0 saturated carbocycles.